The third-order valence-electron chi connectivity index (χ3n) is 6.60. The van der Waals surface area contributed by atoms with Gasteiger partial charge < -0.3 is 28.7 Å². The van der Waals surface area contributed by atoms with E-state index in [4.69, 9.17) is 23.4 Å². The Labute approximate surface area is 228 Å². The molecule has 5 atom stereocenters. The molecule has 1 amide bonds. The number of nitrogens with one attached hydrogen (secondary N) is 1. The molecule has 1 aliphatic rings. The molecule has 0 bridgehead atoms. The molecular weight excluding hydrogens is 530 g/mol. The third kappa shape index (κ3) is 8.97. The fourth-order valence-corrected chi connectivity index (χ4v) is 4.80. The van der Waals surface area contributed by atoms with Gasteiger partial charge in [0.15, 0.2) is 20.5 Å². The van der Waals surface area contributed by atoms with Crippen molar-refractivity contribution in [3.05, 3.63) is 22.7 Å². The van der Waals surface area contributed by atoms with Gasteiger partial charge >= 0.3 is 23.6 Å². The van der Waals surface area contributed by atoms with Crippen molar-refractivity contribution in [1.29, 1.82) is 0 Å². The molecule has 13 nitrogen and oxygen atoms in total. The molecule has 1 aliphatic heterocycles. The summed E-state index contributed by atoms with van der Waals surface area (Å²) in [7, 11) is -2.34. The smallest absolute Gasteiger partial charge is 0.351 e. The highest BCUT2D eigenvalue weighted by Crippen LogP contribution is 2.38. The van der Waals surface area contributed by atoms with Crippen LogP contribution in [0.15, 0.2) is 17.1 Å². The summed E-state index contributed by atoms with van der Waals surface area (Å²) in [5.41, 5.74) is -0.758. The second-order valence-corrected chi connectivity index (χ2v) is 15.7. The number of aromatic nitrogens is 2. The molecule has 1 unspecified atom stereocenters. The number of esters is 3. The topological polar surface area (TPSA) is 161 Å². The Hall–Kier alpha value is -3.10. The monoisotopic (exact) mass is 569 g/mol. The van der Waals surface area contributed by atoms with Crippen LogP contribution in [0.2, 0.25) is 18.1 Å². The zero-order valence-electron chi connectivity index (χ0n) is 23.9. The van der Waals surface area contributed by atoms with Crippen molar-refractivity contribution in [2.24, 2.45) is 0 Å². The van der Waals surface area contributed by atoms with E-state index in [1.807, 2.05) is 13.1 Å². The molecule has 2 rings (SSSR count). The first-order valence-corrected chi connectivity index (χ1v) is 15.5. The molecule has 0 radical (unpaired) electrons. The molecule has 39 heavy (non-hydrogen) atoms. The maximum Gasteiger partial charge on any atom is 0.351 e. The van der Waals surface area contributed by atoms with Crippen LogP contribution in [0.3, 0.4) is 0 Å². The van der Waals surface area contributed by atoms with E-state index in [2.05, 4.69) is 31.1 Å². The Morgan fingerprint density at radius 2 is 1.59 bits per heavy atom. The van der Waals surface area contributed by atoms with Crippen molar-refractivity contribution in [3.63, 3.8) is 0 Å². The molecule has 2 heterocycles. The highest BCUT2D eigenvalue weighted by atomic mass is 28.4. The van der Waals surface area contributed by atoms with Gasteiger partial charge in [0.05, 0.1) is 6.61 Å². The molecule has 0 aromatic carbocycles. The fourth-order valence-electron chi connectivity index (χ4n) is 3.79. The van der Waals surface area contributed by atoms with Crippen molar-refractivity contribution in [2.75, 3.05) is 11.9 Å². The van der Waals surface area contributed by atoms with E-state index in [9.17, 15) is 24.0 Å². The number of carbonyl (C=O) groups excluding carboxylic acids is 4. The van der Waals surface area contributed by atoms with E-state index in [1.54, 1.807) is 0 Å². The molecule has 0 spiro atoms. The van der Waals surface area contributed by atoms with E-state index < -0.39 is 68.5 Å². The number of rotatable bonds is 8. The van der Waals surface area contributed by atoms with E-state index >= 15 is 0 Å². The van der Waals surface area contributed by atoms with Gasteiger partial charge in [-0.3, -0.25) is 23.7 Å². The summed E-state index contributed by atoms with van der Waals surface area (Å²) in [6, 6.07) is 1.41. The number of hydrogen-bond acceptors (Lipinski definition) is 11. The highest BCUT2D eigenvalue weighted by molar-refractivity contribution is 6.74. The lowest BCUT2D eigenvalue weighted by atomic mass is 10.0. The summed E-state index contributed by atoms with van der Waals surface area (Å²) in [6.07, 6.45) is -4.53. The quantitative estimate of drug-likeness (QED) is 0.278. The van der Waals surface area contributed by atoms with Gasteiger partial charge in [0.25, 0.3) is 0 Å². The fraction of sp³-hybridized carbons (Fsp3) is 0.680. The van der Waals surface area contributed by atoms with Crippen LogP contribution in [0.1, 0.15) is 61.1 Å². The van der Waals surface area contributed by atoms with E-state index in [0.29, 0.717) is 0 Å². The van der Waals surface area contributed by atoms with Crippen molar-refractivity contribution in [3.8, 4) is 0 Å². The van der Waals surface area contributed by atoms with Gasteiger partial charge in [-0.1, -0.05) is 20.8 Å². The van der Waals surface area contributed by atoms with Crippen LogP contribution in [0.25, 0.3) is 0 Å². The van der Waals surface area contributed by atoms with Crippen LogP contribution >= 0.6 is 0 Å². The molecule has 1 aromatic heterocycles. The molecule has 1 aromatic rings. The molecule has 1 fully saturated rings. The average Bonchev–Trinajstić information content (AvgIpc) is 2.88. The Balaban J connectivity index is 2.62. The largest absolute Gasteiger partial charge is 0.458 e. The van der Waals surface area contributed by atoms with Gasteiger partial charge in [0.2, 0.25) is 5.91 Å². The Kier molecular flexibility index (Phi) is 10.6. The van der Waals surface area contributed by atoms with E-state index in [0.717, 1.165) is 4.57 Å². The van der Waals surface area contributed by atoms with E-state index in [-0.39, 0.29) is 23.9 Å². The normalized spacial score (nSPS) is 23.8. The van der Waals surface area contributed by atoms with Gasteiger partial charge in [-0.2, -0.15) is 4.98 Å². The molecule has 1 N–H and O–H groups in total. The lowest BCUT2D eigenvalue weighted by molar-refractivity contribution is -0.191. The highest BCUT2D eigenvalue weighted by Gasteiger charge is 2.49. The summed E-state index contributed by atoms with van der Waals surface area (Å²) in [5.74, 6) is -2.43. The number of ether oxygens (including phenoxy) is 4. The predicted octanol–water partition coefficient (Wildman–Crippen LogP) is 2.31. The Morgan fingerprint density at radius 1 is 1.03 bits per heavy atom. The zero-order chi connectivity index (χ0) is 29.7. The lowest BCUT2D eigenvalue weighted by Gasteiger charge is -2.39. The minimum atomic E-state index is -2.34. The number of anilines is 1. The summed E-state index contributed by atoms with van der Waals surface area (Å²) in [4.78, 5) is 64.5. The summed E-state index contributed by atoms with van der Waals surface area (Å²) >= 11 is 0. The first-order valence-electron chi connectivity index (χ1n) is 12.6. The molecule has 1 saturated heterocycles. The van der Waals surface area contributed by atoms with Crippen molar-refractivity contribution in [2.45, 2.75) is 104 Å². The van der Waals surface area contributed by atoms with Crippen molar-refractivity contribution >= 4 is 38.0 Å². The van der Waals surface area contributed by atoms with Crippen LogP contribution in [0.5, 0.6) is 0 Å². The lowest BCUT2D eigenvalue weighted by Crippen LogP contribution is -2.52. The molecule has 0 aliphatic carbocycles. The van der Waals surface area contributed by atoms with Crippen LogP contribution < -0.4 is 11.0 Å². The first-order chi connectivity index (χ1) is 17.9. The maximum absolute atomic E-state index is 13.0. The molecule has 0 saturated carbocycles. The van der Waals surface area contributed by atoms with Crippen LogP contribution in [0.4, 0.5) is 5.82 Å². The van der Waals surface area contributed by atoms with Gasteiger partial charge in [-0.05, 0) is 24.2 Å². The maximum atomic E-state index is 13.0. The van der Waals surface area contributed by atoms with Gasteiger partial charge in [0.1, 0.15) is 24.3 Å². The predicted molar refractivity (Wildman–Crippen MR) is 141 cm³/mol. The minimum absolute atomic E-state index is 0.0438. The Bertz CT molecular complexity index is 1130. The van der Waals surface area contributed by atoms with Crippen molar-refractivity contribution < 1.29 is 42.6 Å². The average molecular weight is 570 g/mol. The molecular formula is C25H39N3O10Si. The first kappa shape index (κ1) is 32.1. The van der Waals surface area contributed by atoms with Gasteiger partial charge in [-0.25, -0.2) is 4.79 Å². The summed E-state index contributed by atoms with van der Waals surface area (Å²) < 4.78 is 30.5. The van der Waals surface area contributed by atoms with E-state index in [1.165, 1.54) is 40.0 Å². The third-order valence-corrected chi connectivity index (χ3v) is 11.1. The second-order valence-electron chi connectivity index (χ2n) is 10.9. The zero-order valence-corrected chi connectivity index (χ0v) is 24.9. The number of carbonyl (C=O) groups is 4. The number of hydrogen-bond donors (Lipinski definition) is 1. The van der Waals surface area contributed by atoms with Crippen LogP contribution in [-0.2, 0) is 42.6 Å². The number of nitrogens with zero attached hydrogens (tertiary/aromatic N) is 2. The second kappa shape index (κ2) is 12.8. The SMILES string of the molecule is CC(=O)Nc1ccn([C@H]2C[C@H](OC(C)=O)C(OC(C)=O)[C@H](OC(C)=O)[C@@H](CO[Si](C)(C)C(C)(C)C)O2)c(=O)n1. The molecule has 218 valence electrons. The van der Waals surface area contributed by atoms with Gasteiger partial charge in [-0.15, -0.1) is 0 Å². The van der Waals surface area contributed by atoms with Crippen LogP contribution in [0, 0.1) is 0 Å². The van der Waals surface area contributed by atoms with Crippen molar-refractivity contribution in [1.82, 2.24) is 9.55 Å². The van der Waals surface area contributed by atoms with Crippen LogP contribution in [-0.4, -0.2) is 72.7 Å². The Morgan fingerprint density at radius 3 is 2.08 bits per heavy atom. The molecule has 14 heteroatoms. The van der Waals surface area contributed by atoms with Gasteiger partial charge in [0, 0.05) is 40.3 Å². The number of amides is 1. The summed E-state index contributed by atoms with van der Waals surface area (Å²) in [5, 5.41) is 2.27. The minimum Gasteiger partial charge on any atom is -0.458 e. The summed E-state index contributed by atoms with van der Waals surface area (Å²) in [6.45, 7) is 15.0. The standard InChI is InChI=1S/C25H39N3O10Si/c1-14(29)26-20-10-11-28(24(33)27-20)21-12-18(35-15(2)30)22(36-16(3)31)23(37-17(4)32)19(38-21)13-34-39(8,9)25(5,6)7/h10-11,18-19,21-23H,12-13H2,1-9H3,(H,26,27,29,33)/t18-,19+,21+,22?,23+/m0/s1.